The van der Waals surface area contributed by atoms with E-state index in [4.69, 9.17) is 10.5 Å². The maximum Gasteiger partial charge on any atom is 0.329 e. The topological polar surface area (TPSA) is 81.4 Å². The first-order valence-electron chi connectivity index (χ1n) is 12.5. The molecule has 0 aliphatic heterocycles. The SMILES string of the molecule is CC(C)(C)OC(=O)[C@H](CCCN)NC(=O)CC[P+](c1ccccc1)(c1ccccc1)c1ccccc1.[Br-]. The standard InChI is InChI=1S/C30H37N2O3P.BrH/c1-30(2,3)35-29(34)27(20-13-22-31)32-28(33)21-23-36(24-14-7-4-8-15-24,25-16-9-5-10-17-25)26-18-11-6-12-19-26;/h4-12,14-19,27H,13,20-23,31H2,1-3H3;1H/t27-;/m0./s1. The van der Waals surface area contributed by atoms with Crippen molar-refractivity contribution >= 4 is 35.1 Å². The highest BCUT2D eigenvalue weighted by Crippen LogP contribution is 2.55. The van der Waals surface area contributed by atoms with Crippen LogP contribution in [0.1, 0.15) is 40.0 Å². The predicted octanol–water partition coefficient (Wildman–Crippen LogP) is 0.940. The van der Waals surface area contributed by atoms with E-state index < -0.39 is 24.9 Å². The van der Waals surface area contributed by atoms with Gasteiger partial charge in [-0.3, -0.25) is 4.79 Å². The zero-order valence-electron chi connectivity index (χ0n) is 21.9. The second-order valence-corrected chi connectivity index (χ2v) is 13.5. The Balaban J connectivity index is 0.00000481. The highest BCUT2D eigenvalue weighted by Gasteiger charge is 2.45. The minimum Gasteiger partial charge on any atom is -1.00 e. The van der Waals surface area contributed by atoms with Crippen LogP contribution in [0.25, 0.3) is 0 Å². The van der Waals surface area contributed by atoms with E-state index in [1.807, 2.05) is 39.0 Å². The first kappa shape index (κ1) is 30.7. The molecule has 0 heterocycles. The summed E-state index contributed by atoms with van der Waals surface area (Å²) in [5.41, 5.74) is 5.06. The van der Waals surface area contributed by atoms with E-state index in [1.165, 1.54) is 15.9 Å². The third-order valence-electron chi connectivity index (χ3n) is 5.99. The maximum absolute atomic E-state index is 13.3. The van der Waals surface area contributed by atoms with Crippen LogP contribution in [-0.2, 0) is 14.3 Å². The zero-order valence-corrected chi connectivity index (χ0v) is 24.4. The lowest BCUT2D eigenvalue weighted by atomic mass is 10.1. The van der Waals surface area contributed by atoms with Gasteiger partial charge >= 0.3 is 5.97 Å². The largest absolute Gasteiger partial charge is 1.00 e. The van der Waals surface area contributed by atoms with Crippen LogP contribution in [0.2, 0.25) is 0 Å². The summed E-state index contributed by atoms with van der Waals surface area (Å²) < 4.78 is 5.56. The number of rotatable bonds is 11. The minimum absolute atomic E-state index is 0. The molecule has 1 atom stereocenters. The van der Waals surface area contributed by atoms with Crippen LogP contribution >= 0.6 is 7.26 Å². The zero-order chi connectivity index (χ0) is 26.0. The third kappa shape index (κ3) is 8.49. The molecule has 0 fully saturated rings. The van der Waals surface area contributed by atoms with Gasteiger partial charge in [0.05, 0.1) is 12.6 Å². The van der Waals surface area contributed by atoms with Crippen LogP contribution in [0, 0.1) is 0 Å². The van der Waals surface area contributed by atoms with Gasteiger partial charge in [-0.25, -0.2) is 4.79 Å². The van der Waals surface area contributed by atoms with Crippen LogP contribution in [0.5, 0.6) is 0 Å². The van der Waals surface area contributed by atoms with E-state index in [1.54, 1.807) is 0 Å². The van der Waals surface area contributed by atoms with Gasteiger partial charge < -0.3 is 32.8 Å². The molecule has 198 valence electrons. The van der Waals surface area contributed by atoms with Gasteiger partial charge in [-0.15, -0.1) is 0 Å². The molecule has 0 radical (unpaired) electrons. The Morgan fingerprint density at radius 2 is 1.27 bits per heavy atom. The quantitative estimate of drug-likeness (QED) is 0.260. The number of hydrogen-bond acceptors (Lipinski definition) is 4. The van der Waals surface area contributed by atoms with Crippen molar-refractivity contribution in [2.24, 2.45) is 5.73 Å². The fourth-order valence-electron chi connectivity index (χ4n) is 4.36. The van der Waals surface area contributed by atoms with E-state index in [-0.39, 0.29) is 29.3 Å². The van der Waals surface area contributed by atoms with Crippen LogP contribution in [0.15, 0.2) is 91.0 Å². The van der Waals surface area contributed by atoms with E-state index in [0.717, 1.165) is 0 Å². The maximum atomic E-state index is 13.3. The van der Waals surface area contributed by atoms with Crippen LogP contribution < -0.4 is 43.9 Å². The van der Waals surface area contributed by atoms with Crippen LogP contribution in [0.3, 0.4) is 0 Å². The smallest absolute Gasteiger partial charge is 0.329 e. The number of amides is 1. The molecular weight excluding hydrogens is 547 g/mol. The number of nitrogens with one attached hydrogen (secondary N) is 1. The Kier molecular flexibility index (Phi) is 12.0. The summed E-state index contributed by atoms with van der Waals surface area (Å²) in [5.74, 6) is -0.574. The van der Waals surface area contributed by atoms with Crippen molar-refractivity contribution in [3.63, 3.8) is 0 Å². The molecule has 7 heteroatoms. The Morgan fingerprint density at radius 1 is 0.838 bits per heavy atom. The van der Waals surface area contributed by atoms with Gasteiger partial charge in [-0.2, -0.15) is 0 Å². The summed E-state index contributed by atoms with van der Waals surface area (Å²) in [4.78, 5) is 26.1. The lowest BCUT2D eigenvalue weighted by Gasteiger charge is -2.28. The first-order chi connectivity index (χ1) is 17.3. The van der Waals surface area contributed by atoms with Crippen molar-refractivity contribution in [2.45, 2.75) is 51.7 Å². The molecule has 0 unspecified atom stereocenters. The van der Waals surface area contributed by atoms with Gasteiger partial charge in [0, 0.05) is 0 Å². The minimum atomic E-state index is -2.13. The predicted molar refractivity (Wildman–Crippen MR) is 151 cm³/mol. The number of halogens is 1. The van der Waals surface area contributed by atoms with Crippen molar-refractivity contribution < 1.29 is 31.3 Å². The number of carbonyl (C=O) groups excluding carboxylic acids is 2. The molecule has 0 saturated carbocycles. The third-order valence-corrected chi connectivity index (χ3v) is 10.4. The molecule has 0 saturated heterocycles. The van der Waals surface area contributed by atoms with Crippen molar-refractivity contribution in [3.05, 3.63) is 91.0 Å². The summed E-state index contributed by atoms with van der Waals surface area (Å²) in [6.45, 7) is 5.92. The number of hydrogen-bond donors (Lipinski definition) is 2. The molecule has 1 amide bonds. The molecule has 0 aliphatic carbocycles. The number of benzene rings is 3. The normalized spacial score (nSPS) is 12.2. The molecule has 3 rings (SSSR count). The fraction of sp³-hybridized carbons (Fsp3) is 0.333. The Labute approximate surface area is 232 Å². The molecule has 5 nitrogen and oxygen atoms in total. The molecule has 0 aromatic heterocycles. The van der Waals surface area contributed by atoms with Gasteiger partial charge in [0.1, 0.15) is 34.8 Å². The Hall–Kier alpha value is -2.53. The van der Waals surface area contributed by atoms with E-state index in [0.29, 0.717) is 25.5 Å². The molecular formula is C30H38BrN2O3P. The van der Waals surface area contributed by atoms with Crippen LogP contribution in [-0.4, -0.2) is 36.2 Å². The highest BCUT2D eigenvalue weighted by atomic mass is 79.9. The average Bonchev–Trinajstić information content (AvgIpc) is 2.88. The molecule has 3 aromatic rings. The molecule has 0 bridgehead atoms. The van der Waals surface area contributed by atoms with Crippen molar-refractivity contribution in [1.29, 1.82) is 0 Å². The second-order valence-electron chi connectivity index (χ2n) is 9.87. The molecule has 0 aliphatic rings. The summed E-state index contributed by atoms with van der Waals surface area (Å²) in [7, 11) is -2.13. The molecule has 37 heavy (non-hydrogen) atoms. The van der Waals surface area contributed by atoms with Gasteiger partial charge in [-0.05, 0) is 76.6 Å². The van der Waals surface area contributed by atoms with Crippen molar-refractivity contribution in [3.8, 4) is 0 Å². The van der Waals surface area contributed by atoms with Gasteiger partial charge in [0.25, 0.3) is 0 Å². The number of esters is 1. The Morgan fingerprint density at radius 3 is 1.65 bits per heavy atom. The van der Waals surface area contributed by atoms with Crippen molar-refractivity contribution in [2.75, 3.05) is 12.7 Å². The van der Waals surface area contributed by atoms with Gasteiger partial charge in [0.15, 0.2) is 0 Å². The van der Waals surface area contributed by atoms with Gasteiger partial charge in [-0.1, -0.05) is 54.6 Å². The summed E-state index contributed by atoms with van der Waals surface area (Å²) >= 11 is 0. The lowest BCUT2D eigenvalue weighted by Crippen LogP contribution is -3.00. The molecule has 3 N–H and O–H groups in total. The van der Waals surface area contributed by atoms with E-state index in [9.17, 15) is 9.59 Å². The first-order valence-corrected chi connectivity index (χ1v) is 14.5. The summed E-state index contributed by atoms with van der Waals surface area (Å²) in [6.07, 6.45) is 2.01. The van der Waals surface area contributed by atoms with Crippen molar-refractivity contribution in [1.82, 2.24) is 5.32 Å². The number of ether oxygens (including phenoxy) is 1. The van der Waals surface area contributed by atoms with Gasteiger partial charge in [0.2, 0.25) is 5.91 Å². The second kappa shape index (κ2) is 14.4. The lowest BCUT2D eigenvalue weighted by molar-refractivity contribution is -0.158. The monoisotopic (exact) mass is 584 g/mol. The number of nitrogens with two attached hydrogens (primary N) is 1. The molecule has 3 aromatic carbocycles. The van der Waals surface area contributed by atoms with Crippen LogP contribution in [0.4, 0.5) is 0 Å². The average molecular weight is 586 g/mol. The van der Waals surface area contributed by atoms with E-state index in [2.05, 4.69) is 78.1 Å². The fourth-order valence-corrected chi connectivity index (χ4v) is 8.61. The van der Waals surface area contributed by atoms with E-state index >= 15 is 0 Å². The highest BCUT2D eigenvalue weighted by molar-refractivity contribution is 7.95. The summed E-state index contributed by atoms with van der Waals surface area (Å²) in [5, 5.41) is 6.62. The summed E-state index contributed by atoms with van der Waals surface area (Å²) in [6, 6.07) is 30.7. The Bertz CT molecular complexity index is 1010. The number of carbonyl (C=O) groups is 2. The molecule has 0 spiro atoms.